The van der Waals surface area contributed by atoms with Crippen molar-refractivity contribution in [2.75, 3.05) is 13.1 Å². The molecular formula is C18H20ClF4N3O2. The Morgan fingerprint density at radius 1 is 1.29 bits per heavy atom. The van der Waals surface area contributed by atoms with E-state index in [2.05, 4.69) is 10.6 Å². The molecule has 0 bridgehead atoms. The Balaban J connectivity index is 1.84. The van der Waals surface area contributed by atoms with E-state index in [-0.39, 0.29) is 37.4 Å². The first-order chi connectivity index (χ1) is 13.2. The van der Waals surface area contributed by atoms with Gasteiger partial charge in [0.25, 0.3) is 0 Å². The summed E-state index contributed by atoms with van der Waals surface area (Å²) >= 11 is 5.65. The SMILES string of the molecule is C[C@@H]1C(=O)NCCN1C(=O)NC(c1ccc(F)c(Cl)c1F)[C@H]1C[C@H](C(F)F)C1. The minimum absolute atomic E-state index is 0.0634. The second kappa shape index (κ2) is 8.14. The van der Waals surface area contributed by atoms with Crippen LogP contribution in [-0.4, -0.2) is 42.4 Å². The highest BCUT2D eigenvalue weighted by molar-refractivity contribution is 6.31. The Morgan fingerprint density at radius 2 is 1.96 bits per heavy atom. The predicted molar refractivity (Wildman–Crippen MR) is 94.0 cm³/mol. The third-order valence-corrected chi connectivity index (χ3v) is 5.82. The van der Waals surface area contributed by atoms with Gasteiger partial charge in [0.2, 0.25) is 12.3 Å². The van der Waals surface area contributed by atoms with Crippen LogP contribution >= 0.6 is 11.6 Å². The molecule has 2 aliphatic rings. The molecule has 1 saturated carbocycles. The van der Waals surface area contributed by atoms with Gasteiger partial charge in [-0.15, -0.1) is 0 Å². The fraction of sp³-hybridized carbons (Fsp3) is 0.556. The van der Waals surface area contributed by atoms with Gasteiger partial charge < -0.3 is 15.5 Å². The van der Waals surface area contributed by atoms with Crippen LogP contribution in [0.25, 0.3) is 0 Å². The molecular weight excluding hydrogens is 402 g/mol. The molecule has 154 valence electrons. The molecule has 1 aromatic rings. The molecule has 28 heavy (non-hydrogen) atoms. The lowest BCUT2D eigenvalue weighted by molar-refractivity contribution is -0.127. The van der Waals surface area contributed by atoms with E-state index < -0.39 is 53.0 Å². The molecule has 1 aliphatic heterocycles. The van der Waals surface area contributed by atoms with E-state index in [1.54, 1.807) is 6.92 Å². The van der Waals surface area contributed by atoms with Crippen LogP contribution in [-0.2, 0) is 4.79 Å². The van der Waals surface area contributed by atoms with E-state index in [0.717, 1.165) is 12.1 Å². The fourth-order valence-electron chi connectivity index (χ4n) is 3.69. The van der Waals surface area contributed by atoms with E-state index >= 15 is 0 Å². The topological polar surface area (TPSA) is 61.4 Å². The predicted octanol–water partition coefficient (Wildman–Crippen LogP) is 3.48. The number of urea groups is 1. The highest BCUT2D eigenvalue weighted by atomic mass is 35.5. The van der Waals surface area contributed by atoms with Crippen molar-refractivity contribution < 1.29 is 27.2 Å². The van der Waals surface area contributed by atoms with Crippen LogP contribution in [0.15, 0.2) is 12.1 Å². The number of halogens is 5. The number of hydrogen-bond donors (Lipinski definition) is 2. The summed E-state index contributed by atoms with van der Waals surface area (Å²) in [5.41, 5.74) is -0.0634. The number of amides is 3. The third-order valence-electron chi connectivity index (χ3n) is 5.48. The van der Waals surface area contributed by atoms with Gasteiger partial charge >= 0.3 is 6.03 Å². The summed E-state index contributed by atoms with van der Waals surface area (Å²) in [7, 11) is 0. The number of carbonyl (C=O) groups excluding carboxylic acids is 2. The van der Waals surface area contributed by atoms with Crippen molar-refractivity contribution in [2.45, 2.75) is 38.3 Å². The minimum Gasteiger partial charge on any atom is -0.353 e. The maximum Gasteiger partial charge on any atom is 0.318 e. The fourth-order valence-corrected chi connectivity index (χ4v) is 3.87. The van der Waals surface area contributed by atoms with E-state index in [0.29, 0.717) is 0 Å². The molecule has 3 rings (SSSR count). The molecule has 0 spiro atoms. The maximum absolute atomic E-state index is 14.6. The van der Waals surface area contributed by atoms with E-state index in [9.17, 15) is 27.2 Å². The Hall–Kier alpha value is -2.03. The second-order valence-electron chi connectivity index (χ2n) is 7.18. The van der Waals surface area contributed by atoms with Crippen LogP contribution in [0.1, 0.15) is 31.4 Å². The molecule has 1 aliphatic carbocycles. The van der Waals surface area contributed by atoms with Crippen LogP contribution < -0.4 is 10.6 Å². The van der Waals surface area contributed by atoms with Gasteiger partial charge in [0, 0.05) is 24.6 Å². The number of nitrogens with zero attached hydrogens (tertiary/aromatic N) is 1. The van der Waals surface area contributed by atoms with Crippen molar-refractivity contribution in [2.24, 2.45) is 11.8 Å². The van der Waals surface area contributed by atoms with Crippen molar-refractivity contribution in [3.05, 3.63) is 34.4 Å². The van der Waals surface area contributed by atoms with Gasteiger partial charge in [-0.3, -0.25) is 4.79 Å². The monoisotopic (exact) mass is 421 g/mol. The normalized spacial score (nSPS) is 25.9. The highest BCUT2D eigenvalue weighted by Crippen LogP contribution is 2.46. The van der Waals surface area contributed by atoms with Gasteiger partial charge in [-0.2, -0.15) is 0 Å². The maximum atomic E-state index is 14.6. The molecule has 1 unspecified atom stereocenters. The molecule has 2 N–H and O–H groups in total. The molecule has 2 atom stereocenters. The molecule has 0 radical (unpaired) electrons. The Morgan fingerprint density at radius 3 is 2.61 bits per heavy atom. The van der Waals surface area contributed by atoms with Gasteiger partial charge in [0.15, 0.2) is 0 Å². The molecule has 5 nitrogen and oxygen atoms in total. The van der Waals surface area contributed by atoms with Crippen molar-refractivity contribution in [3.63, 3.8) is 0 Å². The summed E-state index contributed by atoms with van der Waals surface area (Å²) < 4.78 is 53.9. The standard InChI is InChI=1S/C18H20ClF4N3O2/c1-8-17(27)24-4-5-26(8)18(28)25-15(9-6-10(7-9)16(22)23)11-2-3-12(20)13(19)14(11)21/h2-3,8-10,15-16H,4-7H2,1H3,(H,24,27)(H,25,28)/t8-,9-,10-,15?/m1/s1. The van der Waals surface area contributed by atoms with Gasteiger partial charge in [0.1, 0.15) is 22.7 Å². The number of hydrogen-bond acceptors (Lipinski definition) is 2. The summed E-state index contributed by atoms with van der Waals surface area (Å²) in [5, 5.41) is 4.55. The summed E-state index contributed by atoms with van der Waals surface area (Å²) in [6.45, 7) is 2.08. The zero-order valence-corrected chi connectivity index (χ0v) is 15.8. The van der Waals surface area contributed by atoms with Crippen molar-refractivity contribution >= 4 is 23.5 Å². The minimum atomic E-state index is -2.50. The zero-order chi connectivity index (χ0) is 20.6. The van der Waals surface area contributed by atoms with Crippen LogP contribution in [0.3, 0.4) is 0 Å². The molecule has 0 aromatic heterocycles. The lowest BCUT2D eigenvalue weighted by Gasteiger charge is -2.42. The molecule has 10 heteroatoms. The molecule has 1 saturated heterocycles. The van der Waals surface area contributed by atoms with Crippen LogP contribution in [0.4, 0.5) is 22.4 Å². The second-order valence-corrected chi connectivity index (χ2v) is 7.56. The van der Waals surface area contributed by atoms with Crippen LogP contribution in [0, 0.1) is 23.5 Å². The van der Waals surface area contributed by atoms with Crippen LogP contribution in [0.5, 0.6) is 0 Å². The number of nitrogens with one attached hydrogen (secondary N) is 2. The van der Waals surface area contributed by atoms with Crippen molar-refractivity contribution in [3.8, 4) is 0 Å². The first kappa shape index (κ1) is 20.7. The van der Waals surface area contributed by atoms with Gasteiger partial charge in [0.05, 0.1) is 6.04 Å². The van der Waals surface area contributed by atoms with Gasteiger partial charge in [-0.1, -0.05) is 17.7 Å². The van der Waals surface area contributed by atoms with Crippen molar-refractivity contribution in [1.29, 1.82) is 0 Å². The van der Waals surface area contributed by atoms with Gasteiger partial charge in [-0.25, -0.2) is 22.4 Å². The summed E-state index contributed by atoms with van der Waals surface area (Å²) in [4.78, 5) is 25.8. The summed E-state index contributed by atoms with van der Waals surface area (Å²) in [5.74, 6) is -3.59. The first-order valence-electron chi connectivity index (χ1n) is 8.97. The van der Waals surface area contributed by atoms with Crippen LogP contribution in [0.2, 0.25) is 5.02 Å². The van der Waals surface area contributed by atoms with E-state index in [1.165, 1.54) is 4.90 Å². The molecule has 1 heterocycles. The number of rotatable bonds is 4. The summed E-state index contributed by atoms with van der Waals surface area (Å²) in [6.07, 6.45) is -2.32. The quantitative estimate of drug-likeness (QED) is 0.577. The smallest absolute Gasteiger partial charge is 0.318 e. The molecule has 1 aromatic carbocycles. The third kappa shape index (κ3) is 3.90. The Bertz CT molecular complexity index is 773. The average Bonchev–Trinajstić information content (AvgIpc) is 2.60. The Kier molecular flexibility index (Phi) is 6.02. The lowest BCUT2D eigenvalue weighted by Crippen LogP contribution is -2.59. The van der Waals surface area contributed by atoms with E-state index in [1.807, 2.05) is 0 Å². The first-order valence-corrected chi connectivity index (χ1v) is 9.34. The van der Waals surface area contributed by atoms with Gasteiger partial charge in [-0.05, 0) is 31.7 Å². The van der Waals surface area contributed by atoms with Crippen molar-refractivity contribution in [1.82, 2.24) is 15.5 Å². The lowest BCUT2D eigenvalue weighted by atomic mass is 9.69. The number of alkyl halides is 2. The number of piperazine rings is 1. The largest absolute Gasteiger partial charge is 0.353 e. The number of carbonyl (C=O) groups is 2. The van der Waals surface area contributed by atoms with E-state index in [4.69, 9.17) is 11.6 Å². The molecule has 3 amide bonds. The highest BCUT2D eigenvalue weighted by Gasteiger charge is 2.43. The Labute approximate surface area is 164 Å². The zero-order valence-electron chi connectivity index (χ0n) is 15.0. The molecule has 2 fully saturated rings. The number of benzene rings is 1. The summed E-state index contributed by atoms with van der Waals surface area (Å²) in [6, 6.07) is -0.180. The average molecular weight is 422 g/mol.